The Morgan fingerprint density at radius 2 is 1.85 bits per heavy atom. The monoisotopic (exact) mass is 451 g/mol. The molecule has 2 aromatic carbocycles. The molecule has 1 aliphatic carbocycles. The van der Waals surface area contributed by atoms with Gasteiger partial charge < -0.3 is 21.4 Å². The Labute approximate surface area is 198 Å². The summed E-state index contributed by atoms with van der Waals surface area (Å²) in [5.41, 5.74) is 12.7. The van der Waals surface area contributed by atoms with Crippen molar-refractivity contribution in [1.82, 2.24) is 14.4 Å². The van der Waals surface area contributed by atoms with Crippen LogP contribution >= 0.6 is 0 Å². The van der Waals surface area contributed by atoms with Crippen LogP contribution in [-0.4, -0.2) is 33.7 Å². The fourth-order valence-corrected chi connectivity index (χ4v) is 5.45. The second-order valence-electron chi connectivity index (χ2n) is 9.56. The maximum absolute atomic E-state index is 7.59. The lowest BCUT2D eigenvalue weighted by atomic mass is 9.63. The molecule has 0 unspecified atom stereocenters. The molecule has 6 rings (SSSR count). The average Bonchev–Trinajstić information content (AvgIpc) is 3.36. The van der Waals surface area contributed by atoms with Crippen LogP contribution in [0.2, 0.25) is 0 Å². The number of aromatic nitrogens is 3. The number of nitrogens with zero attached hydrogens (tertiary/aromatic N) is 4. The summed E-state index contributed by atoms with van der Waals surface area (Å²) in [5.74, 6) is 0.713. The molecule has 0 radical (unpaired) electrons. The summed E-state index contributed by atoms with van der Waals surface area (Å²) >= 11 is 0. The van der Waals surface area contributed by atoms with Gasteiger partial charge in [0.05, 0.1) is 11.0 Å². The fraction of sp³-hybridized carbons (Fsp3) is 0.296. The predicted octanol–water partition coefficient (Wildman–Crippen LogP) is 5.35. The van der Waals surface area contributed by atoms with E-state index in [2.05, 4.69) is 39.5 Å². The molecule has 1 saturated heterocycles. The number of piperidine rings is 1. The Balaban J connectivity index is 1.26. The largest absolute Gasteiger partial charge is 0.404 e. The van der Waals surface area contributed by atoms with Gasteiger partial charge in [-0.3, -0.25) is 4.40 Å². The summed E-state index contributed by atoms with van der Waals surface area (Å²) < 4.78 is 2.02. The zero-order valence-electron chi connectivity index (χ0n) is 19.2. The van der Waals surface area contributed by atoms with Crippen LogP contribution in [0.25, 0.3) is 22.3 Å². The van der Waals surface area contributed by atoms with Gasteiger partial charge in [0.25, 0.3) is 0 Å². The molecule has 3 heterocycles. The summed E-state index contributed by atoms with van der Waals surface area (Å²) in [6, 6.07) is 14.5. The highest BCUT2D eigenvalue weighted by Gasteiger charge is 2.39. The van der Waals surface area contributed by atoms with E-state index >= 15 is 0 Å². The van der Waals surface area contributed by atoms with Crippen molar-refractivity contribution in [3.05, 3.63) is 66.6 Å². The second kappa shape index (κ2) is 8.17. The minimum atomic E-state index is 0.661. The van der Waals surface area contributed by atoms with E-state index in [0.717, 1.165) is 41.0 Å². The van der Waals surface area contributed by atoms with Crippen molar-refractivity contribution in [2.75, 3.05) is 23.3 Å². The third-order valence-corrected chi connectivity index (χ3v) is 7.72. The fourth-order valence-electron chi connectivity index (χ4n) is 5.45. The van der Waals surface area contributed by atoms with Gasteiger partial charge in [-0.05, 0) is 73.1 Å². The van der Waals surface area contributed by atoms with Gasteiger partial charge in [0.2, 0.25) is 0 Å². The normalized spacial score (nSPS) is 17.8. The third-order valence-electron chi connectivity index (χ3n) is 7.72. The van der Waals surface area contributed by atoms with E-state index in [0.29, 0.717) is 16.8 Å². The highest BCUT2D eigenvalue weighted by atomic mass is 15.1. The zero-order chi connectivity index (χ0) is 23.1. The summed E-state index contributed by atoms with van der Waals surface area (Å²) in [7, 11) is 0. The Morgan fingerprint density at radius 3 is 2.53 bits per heavy atom. The van der Waals surface area contributed by atoms with Crippen LogP contribution in [0.4, 0.5) is 17.2 Å². The van der Waals surface area contributed by atoms with E-state index in [1.807, 2.05) is 28.8 Å². The first-order chi connectivity index (χ1) is 16.7. The van der Waals surface area contributed by atoms with Crippen LogP contribution in [0.1, 0.15) is 37.7 Å². The van der Waals surface area contributed by atoms with Gasteiger partial charge in [-0.1, -0.05) is 12.5 Å². The highest BCUT2D eigenvalue weighted by molar-refractivity contribution is 6.09. The number of nitrogens with one attached hydrogen (secondary N) is 2. The quantitative estimate of drug-likeness (QED) is 0.356. The molecule has 4 N–H and O–H groups in total. The third kappa shape index (κ3) is 3.48. The number of nitrogens with two attached hydrogens (primary N) is 1. The van der Waals surface area contributed by atoms with Crippen LogP contribution in [0.15, 0.2) is 61.1 Å². The Bertz CT molecular complexity index is 1390. The topological polar surface area (TPSA) is 95.3 Å². The number of allylic oxidation sites excluding steroid dienone is 1. The first kappa shape index (κ1) is 20.7. The van der Waals surface area contributed by atoms with Gasteiger partial charge in [0.15, 0.2) is 11.5 Å². The van der Waals surface area contributed by atoms with E-state index < -0.39 is 0 Å². The van der Waals surface area contributed by atoms with Crippen molar-refractivity contribution in [2.24, 2.45) is 11.1 Å². The van der Waals surface area contributed by atoms with Gasteiger partial charge in [-0.15, -0.1) is 0 Å². The molecule has 7 heteroatoms. The number of fused-ring (bicyclic) bond motifs is 3. The summed E-state index contributed by atoms with van der Waals surface area (Å²) in [4.78, 5) is 11.9. The molecule has 0 amide bonds. The van der Waals surface area contributed by atoms with Crippen molar-refractivity contribution in [1.29, 1.82) is 5.41 Å². The molecule has 1 spiro atoms. The van der Waals surface area contributed by atoms with Gasteiger partial charge in [0, 0.05) is 54.8 Å². The minimum absolute atomic E-state index is 0.661. The zero-order valence-corrected chi connectivity index (χ0v) is 19.2. The summed E-state index contributed by atoms with van der Waals surface area (Å²) in [6.45, 7) is 2.32. The number of hydrogen-bond acceptors (Lipinski definition) is 6. The van der Waals surface area contributed by atoms with Crippen LogP contribution in [0.3, 0.4) is 0 Å². The predicted molar refractivity (Wildman–Crippen MR) is 139 cm³/mol. The lowest BCUT2D eigenvalue weighted by Crippen LogP contribution is -2.43. The van der Waals surface area contributed by atoms with Crippen LogP contribution in [0.5, 0.6) is 0 Å². The average molecular weight is 452 g/mol. The van der Waals surface area contributed by atoms with Crippen molar-refractivity contribution < 1.29 is 0 Å². The standard InChI is InChI=1S/C27H29N7/c28-17-20(18-29)19-2-7-23-24(16-19)34-15-12-30-26(34)25(32-23)31-21-3-5-22(6-4-21)33-13-10-27(11-14-33)8-1-9-27/h2-7,12,15-18,28H,1,8-11,13-14,29H2,(H,31,32)/b20-18+,28-17?. The maximum atomic E-state index is 7.59. The second-order valence-corrected chi connectivity index (χ2v) is 9.56. The number of imidazole rings is 1. The number of benzene rings is 2. The molecule has 2 aliphatic rings. The lowest BCUT2D eigenvalue weighted by molar-refractivity contribution is 0.0955. The number of hydrogen-bond donors (Lipinski definition) is 3. The molecular formula is C27H29N7. The smallest absolute Gasteiger partial charge is 0.180 e. The first-order valence-electron chi connectivity index (χ1n) is 12.0. The van der Waals surface area contributed by atoms with Crippen LogP contribution in [-0.2, 0) is 0 Å². The van der Waals surface area contributed by atoms with Gasteiger partial charge in [-0.2, -0.15) is 0 Å². The van der Waals surface area contributed by atoms with Gasteiger partial charge >= 0.3 is 0 Å². The first-order valence-corrected chi connectivity index (χ1v) is 12.0. The molecule has 1 saturated carbocycles. The molecule has 0 bridgehead atoms. The van der Waals surface area contributed by atoms with E-state index in [1.54, 1.807) is 6.20 Å². The number of anilines is 3. The summed E-state index contributed by atoms with van der Waals surface area (Å²) in [5, 5.41) is 11.1. The molecule has 7 nitrogen and oxygen atoms in total. The lowest BCUT2D eigenvalue weighted by Gasteiger charge is -2.48. The van der Waals surface area contributed by atoms with Gasteiger partial charge in [-0.25, -0.2) is 9.97 Å². The van der Waals surface area contributed by atoms with E-state index in [1.165, 1.54) is 50.2 Å². The van der Waals surface area contributed by atoms with Crippen LogP contribution in [0, 0.1) is 10.8 Å². The maximum Gasteiger partial charge on any atom is 0.180 e. The number of rotatable bonds is 5. The molecule has 4 aromatic rings. The van der Waals surface area contributed by atoms with E-state index in [9.17, 15) is 0 Å². The summed E-state index contributed by atoms with van der Waals surface area (Å²) in [6.07, 6.45) is 13.3. The van der Waals surface area contributed by atoms with Crippen molar-refractivity contribution in [3.8, 4) is 0 Å². The Hall–Kier alpha value is -3.87. The van der Waals surface area contributed by atoms with Crippen molar-refractivity contribution >= 4 is 45.7 Å². The Kier molecular flexibility index (Phi) is 4.98. The van der Waals surface area contributed by atoms with Crippen LogP contribution < -0.4 is 16.0 Å². The van der Waals surface area contributed by atoms with Crippen molar-refractivity contribution in [3.63, 3.8) is 0 Å². The SMILES string of the molecule is N=C/C(=C\N)c1ccc2nc(Nc3ccc(N4CCC5(CCC5)CC4)cc3)c3nccn3c2c1. The minimum Gasteiger partial charge on any atom is -0.404 e. The van der Waals surface area contributed by atoms with Crippen molar-refractivity contribution in [2.45, 2.75) is 32.1 Å². The van der Waals surface area contributed by atoms with E-state index in [4.69, 9.17) is 16.1 Å². The highest BCUT2D eigenvalue weighted by Crippen LogP contribution is 2.49. The molecular weight excluding hydrogens is 422 g/mol. The molecule has 34 heavy (non-hydrogen) atoms. The molecule has 2 fully saturated rings. The van der Waals surface area contributed by atoms with Gasteiger partial charge in [0.1, 0.15) is 0 Å². The molecule has 172 valence electrons. The van der Waals surface area contributed by atoms with E-state index in [-0.39, 0.29) is 0 Å². The Morgan fingerprint density at radius 1 is 1.06 bits per heavy atom. The molecule has 2 aromatic heterocycles. The molecule has 0 atom stereocenters. The molecule has 1 aliphatic heterocycles.